The van der Waals surface area contributed by atoms with Crippen molar-refractivity contribution >= 4 is 29.2 Å². The lowest BCUT2D eigenvalue weighted by molar-refractivity contribution is 0.0592. The molecule has 0 bridgehead atoms. The number of ether oxygens (including phenoxy) is 3. The van der Waals surface area contributed by atoms with Crippen LogP contribution in [0.25, 0.3) is 0 Å². The summed E-state index contributed by atoms with van der Waals surface area (Å²) in [5.74, 6) is -0.0806. The van der Waals surface area contributed by atoms with E-state index in [0.29, 0.717) is 5.75 Å². The summed E-state index contributed by atoms with van der Waals surface area (Å²) in [6, 6.07) is 2.73. The molecule has 1 aromatic heterocycles. The van der Waals surface area contributed by atoms with Gasteiger partial charge in [-0.25, -0.2) is 9.78 Å². The first-order valence-electron chi connectivity index (χ1n) is 4.19. The van der Waals surface area contributed by atoms with E-state index < -0.39 is 5.97 Å². The lowest BCUT2D eigenvalue weighted by Crippen LogP contribution is -2.06. The summed E-state index contributed by atoms with van der Waals surface area (Å²) in [4.78, 5) is 15.1. The van der Waals surface area contributed by atoms with Gasteiger partial charge in [0.25, 0.3) is 0 Å². The Hall–Kier alpha value is -1.20. The maximum absolute atomic E-state index is 11.3. The Kier molecular flexibility index (Phi) is 5.14. The van der Waals surface area contributed by atoms with Crippen LogP contribution in [-0.4, -0.2) is 30.2 Å². The van der Waals surface area contributed by atoms with Gasteiger partial charge in [0.15, 0.2) is 17.8 Å². The number of hydrogen-bond acceptors (Lipinski definition) is 5. The fourth-order valence-electron chi connectivity index (χ4n) is 0.967. The van der Waals surface area contributed by atoms with Crippen molar-refractivity contribution in [3.63, 3.8) is 0 Å². The molecule has 0 aromatic carbocycles. The van der Waals surface area contributed by atoms with E-state index >= 15 is 0 Å². The van der Waals surface area contributed by atoms with Gasteiger partial charge < -0.3 is 14.2 Å². The Labute approximate surface area is 102 Å². The maximum Gasteiger partial charge on any atom is 0.356 e. The minimum atomic E-state index is -0.598. The zero-order valence-corrected chi connectivity index (χ0v) is 9.92. The third kappa shape index (κ3) is 3.43. The first-order valence-corrected chi connectivity index (χ1v) is 5.26. The number of carbonyl (C=O) groups excluding carboxylic acids is 1. The van der Waals surface area contributed by atoms with Crippen LogP contribution < -0.4 is 9.47 Å². The third-order valence-electron chi connectivity index (χ3n) is 1.59. The van der Waals surface area contributed by atoms with Crippen molar-refractivity contribution in [3.8, 4) is 11.6 Å². The highest BCUT2D eigenvalue weighted by molar-refractivity contribution is 6.17. The molecule has 5 nitrogen and oxygen atoms in total. The Morgan fingerprint density at radius 2 is 2.00 bits per heavy atom. The Morgan fingerprint density at radius 3 is 2.56 bits per heavy atom. The molecule has 0 saturated carbocycles. The SMILES string of the molecule is COC(=O)c1cc(OCCl)cc(OCCl)n1. The van der Waals surface area contributed by atoms with Gasteiger partial charge in [0.2, 0.25) is 5.88 Å². The van der Waals surface area contributed by atoms with E-state index in [4.69, 9.17) is 32.7 Å². The van der Waals surface area contributed by atoms with Gasteiger partial charge in [0, 0.05) is 12.1 Å². The molecule has 16 heavy (non-hydrogen) atoms. The highest BCUT2D eigenvalue weighted by Crippen LogP contribution is 2.20. The lowest BCUT2D eigenvalue weighted by atomic mass is 10.3. The zero-order chi connectivity index (χ0) is 12.0. The van der Waals surface area contributed by atoms with Crippen molar-refractivity contribution in [3.05, 3.63) is 17.8 Å². The Balaban J connectivity index is 3.02. The number of rotatable bonds is 5. The van der Waals surface area contributed by atoms with Gasteiger partial charge in [-0.1, -0.05) is 23.2 Å². The van der Waals surface area contributed by atoms with Gasteiger partial charge in [0.05, 0.1) is 7.11 Å². The summed E-state index contributed by atoms with van der Waals surface area (Å²) in [5, 5.41) is 0. The van der Waals surface area contributed by atoms with Gasteiger partial charge in [-0.3, -0.25) is 0 Å². The fourth-order valence-corrected chi connectivity index (χ4v) is 1.20. The van der Waals surface area contributed by atoms with Gasteiger partial charge in [-0.15, -0.1) is 0 Å². The second kappa shape index (κ2) is 6.40. The molecule has 0 aliphatic carbocycles. The highest BCUT2D eigenvalue weighted by Gasteiger charge is 2.12. The van der Waals surface area contributed by atoms with Crippen LogP contribution in [0, 0.1) is 0 Å². The van der Waals surface area contributed by atoms with Crippen LogP contribution in [0.15, 0.2) is 12.1 Å². The van der Waals surface area contributed by atoms with Crippen LogP contribution in [-0.2, 0) is 4.74 Å². The Morgan fingerprint density at radius 1 is 1.31 bits per heavy atom. The van der Waals surface area contributed by atoms with Crippen LogP contribution in [0.5, 0.6) is 11.6 Å². The summed E-state index contributed by atoms with van der Waals surface area (Å²) >= 11 is 10.8. The summed E-state index contributed by atoms with van der Waals surface area (Å²) in [6.45, 7) is 0. The normalized spacial score (nSPS) is 9.69. The molecule has 1 heterocycles. The van der Waals surface area contributed by atoms with Crippen molar-refractivity contribution in [1.82, 2.24) is 4.98 Å². The molecule has 0 unspecified atom stereocenters. The molecule has 0 fully saturated rings. The van der Waals surface area contributed by atoms with Crippen molar-refractivity contribution in [2.75, 3.05) is 19.2 Å². The molecule has 0 aliphatic rings. The van der Waals surface area contributed by atoms with Gasteiger partial charge in [-0.05, 0) is 0 Å². The second-order valence-corrected chi connectivity index (χ2v) is 2.96. The van der Waals surface area contributed by atoms with Crippen molar-refractivity contribution in [1.29, 1.82) is 0 Å². The second-order valence-electron chi connectivity index (χ2n) is 2.52. The first-order chi connectivity index (χ1) is 7.71. The average Bonchev–Trinajstić information content (AvgIpc) is 2.28. The molecule has 0 spiro atoms. The fraction of sp³-hybridized carbons (Fsp3) is 0.333. The van der Waals surface area contributed by atoms with E-state index in [1.807, 2.05) is 0 Å². The maximum atomic E-state index is 11.3. The van der Waals surface area contributed by atoms with Crippen LogP contribution in [0.1, 0.15) is 10.5 Å². The Bertz CT molecular complexity index is 348. The smallest absolute Gasteiger partial charge is 0.356 e. The third-order valence-corrected chi connectivity index (χ3v) is 1.81. The molecule has 0 saturated heterocycles. The number of aromatic nitrogens is 1. The van der Waals surface area contributed by atoms with E-state index in [0.717, 1.165) is 0 Å². The standard InChI is InChI=1S/C9H9Cl2NO4/c1-14-9(13)7-2-6(15-4-10)3-8(12-7)16-5-11/h2-3H,4-5H2,1H3. The molecule has 0 atom stereocenters. The first kappa shape index (κ1) is 12.9. The summed E-state index contributed by atoms with van der Waals surface area (Å²) < 4.78 is 14.5. The van der Waals surface area contributed by atoms with Crippen molar-refractivity contribution in [2.24, 2.45) is 0 Å². The van der Waals surface area contributed by atoms with Crippen LogP contribution >= 0.6 is 23.2 Å². The zero-order valence-electron chi connectivity index (χ0n) is 8.41. The number of nitrogens with zero attached hydrogens (tertiary/aromatic N) is 1. The molecule has 1 aromatic rings. The molecule has 0 N–H and O–H groups in total. The van der Waals surface area contributed by atoms with Crippen molar-refractivity contribution < 1.29 is 19.0 Å². The molecule has 1 rings (SSSR count). The van der Waals surface area contributed by atoms with E-state index in [-0.39, 0.29) is 23.7 Å². The number of hydrogen-bond donors (Lipinski definition) is 0. The minimum absolute atomic E-state index is 0.0507. The number of esters is 1. The predicted octanol–water partition coefficient (Wildman–Crippen LogP) is 2.02. The van der Waals surface area contributed by atoms with Crippen LogP contribution in [0.2, 0.25) is 0 Å². The number of pyridine rings is 1. The molecule has 7 heteroatoms. The van der Waals surface area contributed by atoms with Crippen LogP contribution in [0.3, 0.4) is 0 Å². The lowest BCUT2D eigenvalue weighted by Gasteiger charge is -2.07. The highest BCUT2D eigenvalue weighted by atomic mass is 35.5. The number of methoxy groups -OCH3 is 1. The molecule has 0 radical (unpaired) electrons. The topological polar surface area (TPSA) is 57.7 Å². The number of carbonyl (C=O) groups is 1. The van der Waals surface area contributed by atoms with E-state index in [1.54, 1.807) is 0 Å². The molecule has 88 valence electrons. The molecular formula is C9H9Cl2NO4. The molecule has 0 aliphatic heterocycles. The summed E-state index contributed by atoms with van der Waals surface area (Å²) in [7, 11) is 1.25. The monoisotopic (exact) mass is 265 g/mol. The summed E-state index contributed by atoms with van der Waals surface area (Å²) in [5.41, 5.74) is 0.0604. The largest absolute Gasteiger partial charge is 0.478 e. The predicted molar refractivity (Wildman–Crippen MR) is 58.3 cm³/mol. The quantitative estimate of drug-likeness (QED) is 0.602. The van der Waals surface area contributed by atoms with Crippen molar-refractivity contribution in [2.45, 2.75) is 0 Å². The molecule has 0 amide bonds. The van der Waals surface area contributed by atoms with E-state index in [1.165, 1.54) is 19.2 Å². The summed E-state index contributed by atoms with van der Waals surface area (Å²) in [6.07, 6.45) is 0. The molecular weight excluding hydrogens is 257 g/mol. The average molecular weight is 266 g/mol. The van der Waals surface area contributed by atoms with Gasteiger partial charge in [0.1, 0.15) is 5.75 Å². The van der Waals surface area contributed by atoms with Gasteiger partial charge in [-0.2, -0.15) is 0 Å². The van der Waals surface area contributed by atoms with E-state index in [2.05, 4.69) is 9.72 Å². The van der Waals surface area contributed by atoms with Gasteiger partial charge >= 0.3 is 5.97 Å². The minimum Gasteiger partial charge on any atom is -0.478 e. The van der Waals surface area contributed by atoms with E-state index in [9.17, 15) is 4.79 Å². The number of halogens is 2. The van der Waals surface area contributed by atoms with Crippen LogP contribution in [0.4, 0.5) is 0 Å². The number of alkyl halides is 2.